The van der Waals surface area contributed by atoms with E-state index in [0.29, 0.717) is 20.7 Å². The third-order valence-electron chi connectivity index (χ3n) is 2.06. The van der Waals surface area contributed by atoms with Crippen LogP contribution in [0.2, 0.25) is 4.47 Å². The Morgan fingerprint density at radius 2 is 2.29 bits per heavy atom. The fourth-order valence-electron chi connectivity index (χ4n) is 1.33. The van der Waals surface area contributed by atoms with Crippen molar-refractivity contribution >= 4 is 34.5 Å². The summed E-state index contributed by atoms with van der Waals surface area (Å²) in [6, 6.07) is 5.69. The molecule has 1 amide bonds. The molecule has 2 rings (SSSR count). The van der Waals surface area contributed by atoms with Crippen LogP contribution < -0.4 is 5.32 Å². The summed E-state index contributed by atoms with van der Waals surface area (Å²) in [5.74, 6) is -0.737. The maximum atomic E-state index is 12.9. The molecule has 0 radical (unpaired) electrons. The summed E-state index contributed by atoms with van der Waals surface area (Å²) in [6.45, 7) is 1.70. The van der Waals surface area contributed by atoms with E-state index < -0.39 is 5.82 Å². The molecular weight excluding hydrogens is 263 g/mol. The standard InChI is InChI=1S/C11H8ClFN2OS/c1-6-9(17-11(12)14-6)10(16)15-8-4-2-3-7(13)5-8/h2-5H,1H3,(H,15,16). The number of hydrogen-bond acceptors (Lipinski definition) is 3. The van der Waals surface area contributed by atoms with Crippen molar-refractivity contribution < 1.29 is 9.18 Å². The molecule has 17 heavy (non-hydrogen) atoms. The maximum absolute atomic E-state index is 12.9. The zero-order valence-corrected chi connectivity index (χ0v) is 10.4. The first-order valence-corrected chi connectivity index (χ1v) is 5.95. The predicted octanol–water partition coefficient (Wildman–Crippen LogP) is 3.50. The Morgan fingerprint density at radius 1 is 1.53 bits per heavy atom. The fourth-order valence-corrected chi connectivity index (χ4v) is 2.37. The topological polar surface area (TPSA) is 42.0 Å². The fraction of sp³-hybridized carbons (Fsp3) is 0.0909. The highest BCUT2D eigenvalue weighted by Crippen LogP contribution is 2.23. The van der Waals surface area contributed by atoms with Crippen LogP contribution >= 0.6 is 22.9 Å². The number of benzene rings is 1. The van der Waals surface area contributed by atoms with Gasteiger partial charge in [-0.25, -0.2) is 9.37 Å². The largest absolute Gasteiger partial charge is 0.321 e. The van der Waals surface area contributed by atoms with Gasteiger partial charge in [-0.2, -0.15) is 0 Å². The molecule has 0 saturated heterocycles. The highest BCUT2D eigenvalue weighted by molar-refractivity contribution is 7.17. The van der Waals surface area contributed by atoms with Gasteiger partial charge in [-0.05, 0) is 25.1 Å². The summed E-state index contributed by atoms with van der Waals surface area (Å²) < 4.78 is 13.2. The zero-order chi connectivity index (χ0) is 12.4. The van der Waals surface area contributed by atoms with E-state index in [2.05, 4.69) is 10.3 Å². The van der Waals surface area contributed by atoms with Crippen molar-refractivity contribution in [3.8, 4) is 0 Å². The van der Waals surface area contributed by atoms with Crippen molar-refractivity contribution in [3.63, 3.8) is 0 Å². The van der Waals surface area contributed by atoms with Gasteiger partial charge in [0.1, 0.15) is 10.7 Å². The number of thiazole rings is 1. The highest BCUT2D eigenvalue weighted by Gasteiger charge is 2.14. The number of amides is 1. The third kappa shape index (κ3) is 2.81. The number of anilines is 1. The van der Waals surface area contributed by atoms with Crippen molar-refractivity contribution in [2.24, 2.45) is 0 Å². The molecule has 6 heteroatoms. The van der Waals surface area contributed by atoms with Gasteiger partial charge >= 0.3 is 0 Å². The molecule has 2 aromatic rings. The Kier molecular flexibility index (Phi) is 3.40. The van der Waals surface area contributed by atoms with Gasteiger partial charge in [0, 0.05) is 5.69 Å². The second-order valence-electron chi connectivity index (χ2n) is 3.35. The average molecular weight is 271 g/mol. The lowest BCUT2D eigenvalue weighted by atomic mass is 10.3. The van der Waals surface area contributed by atoms with Crippen molar-refractivity contribution in [1.29, 1.82) is 0 Å². The number of aryl methyl sites for hydroxylation is 1. The molecule has 3 nitrogen and oxygen atoms in total. The quantitative estimate of drug-likeness (QED) is 0.907. The molecule has 0 saturated carbocycles. The van der Waals surface area contributed by atoms with Gasteiger partial charge in [0.25, 0.3) is 5.91 Å². The van der Waals surface area contributed by atoms with E-state index >= 15 is 0 Å². The maximum Gasteiger partial charge on any atom is 0.267 e. The minimum Gasteiger partial charge on any atom is -0.321 e. The van der Waals surface area contributed by atoms with Crippen LogP contribution in [0, 0.1) is 12.7 Å². The normalized spacial score (nSPS) is 10.3. The molecule has 0 aliphatic rings. The minimum atomic E-state index is -0.401. The van der Waals surface area contributed by atoms with Crippen LogP contribution in [0.25, 0.3) is 0 Å². The van der Waals surface area contributed by atoms with E-state index in [4.69, 9.17) is 11.6 Å². The van der Waals surface area contributed by atoms with Gasteiger partial charge in [-0.3, -0.25) is 4.79 Å². The Hall–Kier alpha value is -1.46. The summed E-state index contributed by atoms with van der Waals surface area (Å²) in [4.78, 5) is 16.2. The molecule has 88 valence electrons. The van der Waals surface area contributed by atoms with Crippen LogP contribution in [-0.4, -0.2) is 10.9 Å². The number of nitrogens with one attached hydrogen (secondary N) is 1. The number of carbonyl (C=O) groups is 1. The Labute approximate surface area is 106 Å². The lowest BCUT2D eigenvalue weighted by molar-refractivity contribution is 0.103. The summed E-state index contributed by atoms with van der Waals surface area (Å²) in [5, 5.41) is 2.59. The summed E-state index contributed by atoms with van der Waals surface area (Å²) in [7, 11) is 0. The van der Waals surface area contributed by atoms with E-state index in [0.717, 1.165) is 11.3 Å². The number of aromatic nitrogens is 1. The molecule has 1 aromatic heterocycles. The lowest BCUT2D eigenvalue weighted by Crippen LogP contribution is -2.11. The third-order valence-corrected chi connectivity index (χ3v) is 3.32. The molecule has 0 aliphatic carbocycles. The van der Waals surface area contributed by atoms with Gasteiger partial charge in [0.05, 0.1) is 5.69 Å². The number of carbonyl (C=O) groups excluding carboxylic acids is 1. The first-order valence-electron chi connectivity index (χ1n) is 4.76. The van der Waals surface area contributed by atoms with Crippen molar-refractivity contribution in [1.82, 2.24) is 4.98 Å². The van der Waals surface area contributed by atoms with E-state index in [-0.39, 0.29) is 5.91 Å². The number of hydrogen-bond donors (Lipinski definition) is 1. The predicted molar refractivity (Wildman–Crippen MR) is 66.2 cm³/mol. The molecule has 0 atom stereocenters. The van der Waals surface area contributed by atoms with E-state index in [1.165, 1.54) is 18.2 Å². The van der Waals surface area contributed by atoms with Crippen molar-refractivity contribution in [2.75, 3.05) is 5.32 Å². The van der Waals surface area contributed by atoms with Gasteiger partial charge in [0.15, 0.2) is 4.47 Å². The Morgan fingerprint density at radius 3 is 2.88 bits per heavy atom. The molecule has 0 aliphatic heterocycles. The first kappa shape index (κ1) is 12.0. The number of nitrogens with zero attached hydrogens (tertiary/aromatic N) is 1. The van der Waals surface area contributed by atoms with Crippen LogP contribution in [-0.2, 0) is 0 Å². The molecular formula is C11H8ClFN2OS. The van der Waals surface area contributed by atoms with Crippen molar-refractivity contribution in [2.45, 2.75) is 6.92 Å². The Balaban J connectivity index is 2.20. The van der Waals surface area contributed by atoms with Gasteiger partial charge in [0.2, 0.25) is 0 Å². The molecule has 0 spiro atoms. The van der Waals surface area contributed by atoms with Crippen LogP contribution in [0.4, 0.5) is 10.1 Å². The van der Waals surface area contributed by atoms with Gasteiger partial charge in [-0.15, -0.1) is 0 Å². The number of halogens is 2. The van der Waals surface area contributed by atoms with E-state index in [1.54, 1.807) is 13.0 Å². The monoisotopic (exact) mass is 270 g/mol. The van der Waals surface area contributed by atoms with E-state index in [1.807, 2.05) is 0 Å². The van der Waals surface area contributed by atoms with Gasteiger partial charge < -0.3 is 5.32 Å². The first-order chi connectivity index (χ1) is 8.06. The zero-order valence-electron chi connectivity index (χ0n) is 8.83. The van der Waals surface area contributed by atoms with E-state index in [9.17, 15) is 9.18 Å². The molecule has 0 bridgehead atoms. The Bertz CT molecular complexity index is 570. The SMILES string of the molecule is Cc1nc(Cl)sc1C(=O)Nc1cccc(F)c1. The second kappa shape index (κ2) is 4.81. The summed E-state index contributed by atoms with van der Waals surface area (Å²) >= 11 is 6.80. The molecule has 1 aromatic carbocycles. The molecule has 0 fully saturated rings. The molecule has 0 unspecified atom stereocenters. The van der Waals surface area contributed by atoms with Crippen molar-refractivity contribution in [3.05, 3.63) is 45.1 Å². The van der Waals surface area contributed by atoms with Gasteiger partial charge in [-0.1, -0.05) is 29.0 Å². The lowest BCUT2D eigenvalue weighted by Gasteiger charge is -2.03. The minimum absolute atomic E-state index is 0.312. The van der Waals surface area contributed by atoms with Crippen LogP contribution in [0.5, 0.6) is 0 Å². The van der Waals surface area contributed by atoms with Crippen LogP contribution in [0.3, 0.4) is 0 Å². The average Bonchev–Trinajstić information content (AvgIpc) is 2.58. The van der Waals surface area contributed by atoms with Crippen LogP contribution in [0.1, 0.15) is 15.4 Å². The summed E-state index contributed by atoms with van der Waals surface area (Å²) in [6.07, 6.45) is 0. The molecule has 1 heterocycles. The summed E-state index contributed by atoms with van der Waals surface area (Å²) in [5.41, 5.74) is 0.966. The smallest absolute Gasteiger partial charge is 0.267 e. The number of rotatable bonds is 2. The van der Waals surface area contributed by atoms with Crippen LogP contribution in [0.15, 0.2) is 24.3 Å². The second-order valence-corrected chi connectivity index (χ2v) is 4.93. The highest BCUT2D eigenvalue weighted by atomic mass is 35.5. The molecule has 1 N–H and O–H groups in total.